The van der Waals surface area contributed by atoms with Crippen molar-refractivity contribution in [2.45, 2.75) is 121 Å². The van der Waals surface area contributed by atoms with E-state index in [4.69, 9.17) is 18.9 Å². The van der Waals surface area contributed by atoms with E-state index in [0.29, 0.717) is 6.61 Å². The Hall–Kier alpha value is -2.11. The third kappa shape index (κ3) is 19.0. The average Bonchev–Trinajstić information content (AvgIpc) is 3.01. The third-order valence-electron chi connectivity index (χ3n) is 6.75. The molecule has 0 amide bonds. The Morgan fingerprint density at radius 2 is 1.33 bits per heavy atom. The molecular weight excluding hydrogens is 552 g/mol. The zero-order valence-corrected chi connectivity index (χ0v) is 26.2. The van der Waals surface area contributed by atoms with Gasteiger partial charge in [-0.2, -0.15) is 0 Å². The number of hydrogen-bond acceptors (Lipinski definition) is 9. The number of carbonyl (C=O) groups excluding carboxylic acids is 1. The summed E-state index contributed by atoms with van der Waals surface area (Å²) in [6.07, 6.45) is 24.8. The summed E-state index contributed by atoms with van der Waals surface area (Å²) in [6.45, 7) is 3.76. The molecule has 1 rings (SSSR count). The lowest BCUT2D eigenvalue weighted by Gasteiger charge is -2.39. The number of carbonyl (C=O) groups is 1. The van der Waals surface area contributed by atoms with E-state index in [-0.39, 0.29) is 19.6 Å². The molecule has 1 heterocycles. The van der Waals surface area contributed by atoms with Gasteiger partial charge < -0.3 is 39.4 Å². The van der Waals surface area contributed by atoms with E-state index in [1.807, 2.05) is 0 Å². The van der Waals surface area contributed by atoms with E-state index in [2.05, 4.69) is 67.7 Å². The van der Waals surface area contributed by atoms with E-state index >= 15 is 0 Å². The summed E-state index contributed by atoms with van der Waals surface area (Å²) >= 11 is 0. The Morgan fingerprint density at radius 3 is 1.91 bits per heavy atom. The van der Waals surface area contributed by atoms with Crippen LogP contribution in [-0.2, 0) is 23.7 Å². The number of unbranched alkanes of at least 4 members (excludes halogenated alkanes) is 4. The molecule has 1 fully saturated rings. The van der Waals surface area contributed by atoms with Gasteiger partial charge in [-0.1, -0.05) is 87.4 Å². The van der Waals surface area contributed by atoms with Gasteiger partial charge in [0.2, 0.25) is 0 Å². The standard InChI is InChI=1S/C34H56O9/c1-3-5-6-7-8-9-10-11-12-13-14-15-16-17-18-19-20-21-22-23-24-40-26-28(42-30(36)4-2)27-41-34-33(39)32(38)31(37)29(25-35)43-34/h5-6,8-9,11-12,14-15,17-18,28-29,31-35,37-39H,3-4,7,10,13,16,19-27H2,1-2H3/b6-5-,9-8-,12-11-,15-14-,18-17-. The highest BCUT2D eigenvalue weighted by atomic mass is 16.7. The number of hydrogen-bond donors (Lipinski definition) is 4. The topological polar surface area (TPSA) is 135 Å². The number of esters is 1. The first kappa shape index (κ1) is 38.9. The molecule has 4 N–H and O–H groups in total. The monoisotopic (exact) mass is 608 g/mol. The van der Waals surface area contributed by atoms with Gasteiger partial charge in [-0.15, -0.1) is 0 Å². The predicted octanol–water partition coefficient (Wildman–Crippen LogP) is 4.84. The molecule has 1 aliphatic rings. The van der Waals surface area contributed by atoms with Crippen LogP contribution in [-0.4, -0.2) is 89.6 Å². The molecule has 0 aromatic heterocycles. The Morgan fingerprint density at radius 1 is 0.744 bits per heavy atom. The van der Waals surface area contributed by atoms with Crippen LogP contribution < -0.4 is 0 Å². The summed E-state index contributed by atoms with van der Waals surface area (Å²) in [7, 11) is 0. The second kappa shape index (κ2) is 26.3. The number of ether oxygens (including phenoxy) is 4. The summed E-state index contributed by atoms with van der Waals surface area (Å²) in [5.74, 6) is -0.416. The highest BCUT2D eigenvalue weighted by Crippen LogP contribution is 2.22. The van der Waals surface area contributed by atoms with E-state index in [9.17, 15) is 25.2 Å². The number of aliphatic hydroxyl groups excluding tert-OH is 4. The maximum absolute atomic E-state index is 11.8. The molecule has 1 saturated heterocycles. The van der Waals surface area contributed by atoms with Crippen LogP contribution in [0, 0.1) is 0 Å². The van der Waals surface area contributed by atoms with E-state index in [0.717, 1.165) is 64.2 Å². The van der Waals surface area contributed by atoms with Gasteiger partial charge in [0, 0.05) is 13.0 Å². The van der Waals surface area contributed by atoms with Crippen molar-refractivity contribution in [1.29, 1.82) is 0 Å². The lowest BCUT2D eigenvalue weighted by atomic mass is 9.99. The van der Waals surface area contributed by atoms with E-state index < -0.39 is 49.4 Å². The van der Waals surface area contributed by atoms with Crippen LogP contribution in [0.15, 0.2) is 60.8 Å². The maximum Gasteiger partial charge on any atom is 0.305 e. The molecule has 43 heavy (non-hydrogen) atoms. The highest BCUT2D eigenvalue weighted by molar-refractivity contribution is 5.69. The van der Waals surface area contributed by atoms with Gasteiger partial charge in [0.05, 0.1) is 19.8 Å². The van der Waals surface area contributed by atoms with Crippen molar-refractivity contribution in [2.24, 2.45) is 0 Å². The lowest BCUT2D eigenvalue weighted by Crippen LogP contribution is -2.59. The zero-order valence-electron chi connectivity index (χ0n) is 26.2. The molecule has 1 aliphatic heterocycles. The van der Waals surface area contributed by atoms with Crippen LogP contribution >= 0.6 is 0 Å². The molecule has 0 aliphatic carbocycles. The maximum atomic E-state index is 11.8. The molecule has 0 spiro atoms. The Kier molecular flexibility index (Phi) is 23.8. The first-order chi connectivity index (χ1) is 20.9. The second-order valence-corrected chi connectivity index (χ2v) is 10.5. The van der Waals surface area contributed by atoms with Gasteiger partial charge in [0.1, 0.15) is 30.5 Å². The lowest BCUT2D eigenvalue weighted by molar-refractivity contribution is -0.305. The summed E-state index contributed by atoms with van der Waals surface area (Å²) in [5.41, 5.74) is 0. The van der Waals surface area contributed by atoms with Gasteiger partial charge in [0.15, 0.2) is 6.29 Å². The van der Waals surface area contributed by atoms with Crippen molar-refractivity contribution in [3.8, 4) is 0 Å². The molecule has 246 valence electrons. The van der Waals surface area contributed by atoms with Crippen LogP contribution in [0.1, 0.15) is 84.5 Å². The van der Waals surface area contributed by atoms with Gasteiger partial charge in [0.25, 0.3) is 0 Å². The molecule has 0 aromatic rings. The van der Waals surface area contributed by atoms with Crippen molar-refractivity contribution in [3.63, 3.8) is 0 Å². The Labute approximate surface area is 258 Å². The van der Waals surface area contributed by atoms with Crippen LogP contribution in [0.2, 0.25) is 0 Å². The minimum atomic E-state index is -1.54. The summed E-state index contributed by atoms with van der Waals surface area (Å²) < 4.78 is 21.9. The molecule has 9 heteroatoms. The first-order valence-corrected chi connectivity index (χ1v) is 15.9. The quantitative estimate of drug-likeness (QED) is 0.0690. The van der Waals surface area contributed by atoms with Crippen LogP contribution in [0.5, 0.6) is 0 Å². The average molecular weight is 609 g/mol. The fourth-order valence-electron chi connectivity index (χ4n) is 4.20. The van der Waals surface area contributed by atoms with Crippen molar-refractivity contribution in [1.82, 2.24) is 0 Å². The zero-order chi connectivity index (χ0) is 31.5. The molecule has 6 atom stereocenters. The molecule has 6 unspecified atom stereocenters. The van der Waals surface area contributed by atoms with Crippen LogP contribution in [0.3, 0.4) is 0 Å². The summed E-state index contributed by atoms with van der Waals surface area (Å²) in [5, 5.41) is 39.3. The SMILES string of the molecule is CC/C=C\C/C=C\C/C=C\C/C=C\C/C=C\CCCCCCOCC(COC1OC(CO)C(O)C(O)C1O)OC(=O)CC. The highest BCUT2D eigenvalue weighted by Gasteiger charge is 2.44. The molecule has 9 nitrogen and oxygen atoms in total. The number of allylic oxidation sites excluding steroid dienone is 10. The van der Waals surface area contributed by atoms with Crippen molar-refractivity contribution >= 4 is 5.97 Å². The van der Waals surface area contributed by atoms with Gasteiger partial charge in [-0.05, 0) is 51.4 Å². The van der Waals surface area contributed by atoms with Gasteiger partial charge in [-0.25, -0.2) is 0 Å². The fraction of sp³-hybridized carbons (Fsp3) is 0.676. The van der Waals surface area contributed by atoms with Crippen molar-refractivity contribution in [2.75, 3.05) is 26.4 Å². The fourth-order valence-corrected chi connectivity index (χ4v) is 4.20. The number of rotatable bonds is 24. The second-order valence-electron chi connectivity index (χ2n) is 10.5. The normalized spacial score (nSPS) is 23.9. The van der Waals surface area contributed by atoms with E-state index in [1.54, 1.807) is 6.92 Å². The molecule has 0 aromatic carbocycles. The molecule has 0 bridgehead atoms. The largest absolute Gasteiger partial charge is 0.457 e. The molecule has 0 saturated carbocycles. The van der Waals surface area contributed by atoms with Gasteiger partial charge in [-0.3, -0.25) is 4.79 Å². The predicted molar refractivity (Wildman–Crippen MR) is 168 cm³/mol. The Balaban J connectivity index is 2.13. The summed E-state index contributed by atoms with van der Waals surface area (Å²) in [4.78, 5) is 11.8. The smallest absolute Gasteiger partial charge is 0.305 e. The summed E-state index contributed by atoms with van der Waals surface area (Å²) in [6, 6.07) is 0. The first-order valence-electron chi connectivity index (χ1n) is 15.9. The van der Waals surface area contributed by atoms with Crippen LogP contribution in [0.25, 0.3) is 0 Å². The van der Waals surface area contributed by atoms with E-state index in [1.165, 1.54) is 0 Å². The van der Waals surface area contributed by atoms with Crippen molar-refractivity contribution in [3.05, 3.63) is 60.8 Å². The minimum Gasteiger partial charge on any atom is -0.457 e. The molecular formula is C34H56O9. The number of aliphatic hydroxyl groups is 4. The van der Waals surface area contributed by atoms with Crippen LogP contribution in [0.4, 0.5) is 0 Å². The van der Waals surface area contributed by atoms with Gasteiger partial charge >= 0.3 is 5.97 Å². The van der Waals surface area contributed by atoms with Crippen molar-refractivity contribution < 1.29 is 44.2 Å². The molecule has 0 radical (unpaired) electrons. The Bertz CT molecular complexity index is 834. The third-order valence-corrected chi connectivity index (χ3v) is 6.75. The minimum absolute atomic E-state index is 0.114.